The van der Waals surface area contributed by atoms with Gasteiger partial charge in [0.15, 0.2) is 11.6 Å². The lowest BCUT2D eigenvalue weighted by Gasteiger charge is -2.09. The number of nitrogens with zero attached hydrogens (tertiary/aromatic N) is 3. The first-order chi connectivity index (χ1) is 9.63. The van der Waals surface area contributed by atoms with E-state index in [4.69, 9.17) is 0 Å². The fourth-order valence-corrected chi connectivity index (χ4v) is 1.67. The number of hydrogen-bond acceptors (Lipinski definition) is 4. The first-order valence-corrected chi connectivity index (χ1v) is 6.31. The number of carbonyl (C=O) groups is 1. The fraction of sp³-hybridized carbons (Fsp3) is 0.308. The van der Waals surface area contributed by atoms with Crippen LogP contribution < -0.4 is 10.6 Å². The molecule has 2 N–H and O–H groups in total. The second-order valence-electron chi connectivity index (χ2n) is 4.24. The summed E-state index contributed by atoms with van der Waals surface area (Å²) in [6.45, 7) is 2.56. The van der Waals surface area contributed by atoms with E-state index in [0.29, 0.717) is 12.4 Å². The van der Waals surface area contributed by atoms with Crippen molar-refractivity contribution >= 4 is 17.5 Å². The number of halogens is 1. The van der Waals surface area contributed by atoms with E-state index in [1.807, 2.05) is 6.92 Å². The Labute approximate surface area is 116 Å². The highest BCUT2D eigenvalue weighted by Gasteiger charge is 2.16. The maximum absolute atomic E-state index is 14.2. The van der Waals surface area contributed by atoms with Gasteiger partial charge in [-0.25, -0.2) is 9.37 Å². The van der Waals surface area contributed by atoms with Gasteiger partial charge in [-0.15, -0.1) is 0 Å². The van der Waals surface area contributed by atoms with Crippen LogP contribution in [0.5, 0.6) is 0 Å². The third kappa shape index (κ3) is 2.93. The van der Waals surface area contributed by atoms with Crippen LogP contribution in [-0.2, 0) is 7.05 Å². The van der Waals surface area contributed by atoms with Crippen molar-refractivity contribution in [3.05, 3.63) is 35.9 Å². The molecule has 0 radical (unpaired) electrons. The quantitative estimate of drug-likeness (QED) is 0.877. The molecule has 2 aromatic rings. The van der Waals surface area contributed by atoms with Crippen LogP contribution in [0.25, 0.3) is 0 Å². The minimum atomic E-state index is -0.652. The lowest BCUT2D eigenvalue weighted by atomic mass is 10.2. The monoisotopic (exact) mass is 277 g/mol. The highest BCUT2D eigenvalue weighted by atomic mass is 19.1. The third-order valence-electron chi connectivity index (χ3n) is 2.74. The Morgan fingerprint density at radius 1 is 1.40 bits per heavy atom. The standard InChI is InChI=1S/C13H16FN5O/c1-3-6-15-12-11(14)9(4-7-16-12)13(20)18-10-5-8-17-19(10)2/h4-5,7-8H,3,6H2,1-2H3,(H,15,16)(H,18,20). The minimum Gasteiger partial charge on any atom is -0.368 e. The predicted octanol–water partition coefficient (Wildman–Crippen LogP) is 2.03. The summed E-state index contributed by atoms with van der Waals surface area (Å²) in [6.07, 6.45) is 3.79. The molecule has 0 aliphatic carbocycles. The Hall–Kier alpha value is -2.44. The van der Waals surface area contributed by atoms with Crippen LogP contribution >= 0.6 is 0 Å². The molecule has 7 heteroatoms. The van der Waals surface area contributed by atoms with E-state index >= 15 is 0 Å². The molecule has 0 saturated carbocycles. The van der Waals surface area contributed by atoms with E-state index in [1.165, 1.54) is 16.9 Å². The Bertz CT molecular complexity index is 611. The Kier molecular flexibility index (Phi) is 4.29. The molecule has 2 heterocycles. The van der Waals surface area contributed by atoms with E-state index in [1.54, 1.807) is 19.3 Å². The molecule has 20 heavy (non-hydrogen) atoms. The van der Waals surface area contributed by atoms with Crippen LogP contribution in [0.2, 0.25) is 0 Å². The number of amides is 1. The molecule has 0 aromatic carbocycles. The number of carbonyl (C=O) groups excluding carboxylic acids is 1. The van der Waals surface area contributed by atoms with Crippen LogP contribution in [0.3, 0.4) is 0 Å². The average molecular weight is 277 g/mol. The zero-order valence-electron chi connectivity index (χ0n) is 11.4. The number of anilines is 2. The van der Waals surface area contributed by atoms with Crippen molar-refractivity contribution in [2.24, 2.45) is 7.05 Å². The van der Waals surface area contributed by atoms with Crippen molar-refractivity contribution in [2.75, 3.05) is 17.2 Å². The van der Waals surface area contributed by atoms with Gasteiger partial charge in [0.2, 0.25) is 0 Å². The van der Waals surface area contributed by atoms with Gasteiger partial charge in [0.25, 0.3) is 5.91 Å². The highest BCUT2D eigenvalue weighted by molar-refractivity contribution is 6.04. The second kappa shape index (κ2) is 6.14. The first kappa shape index (κ1) is 14.0. The largest absolute Gasteiger partial charge is 0.368 e. The Morgan fingerprint density at radius 2 is 2.20 bits per heavy atom. The van der Waals surface area contributed by atoms with Gasteiger partial charge in [-0.05, 0) is 12.5 Å². The molecule has 0 spiro atoms. The molecule has 6 nitrogen and oxygen atoms in total. The molecule has 0 atom stereocenters. The second-order valence-corrected chi connectivity index (χ2v) is 4.24. The minimum absolute atomic E-state index is 0.0557. The molecule has 2 aromatic heterocycles. The Morgan fingerprint density at radius 3 is 2.85 bits per heavy atom. The molecule has 0 saturated heterocycles. The van der Waals surface area contributed by atoms with Crippen molar-refractivity contribution in [3.8, 4) is 0 Å². The molecule has 0 aliphatic heterocycles. The molecule has 1 amide bonds. The van der Waals surface area contributed by atoms with Crippen molar-refractivity contribution in [1.82, 2.24) is 14.8 Å². The Balaban J connectivity index is 2.19. The van der Waals surface area contributed by atoms with Gasteiger partial charge in [0, 0.05) is 25.9 Å². The smallest absolute Gasteiger partial charge is 0.259 e. The number of aryl methyl sites for hydroxylation is 1. The van der Waals surface area contributed by atoms with Gasteiger partial charge >= 0.3 is 0 Å². The van der Waals surface area contributed by atoms with Gasteiger partial charge in [0.05, 0.1) is 11.8 Å². The summed E-state index contributed by atoms with van der Waals surface area (Å²) in [5, 5.41) is 9.37. The number of rotatable bonds is 5. The maximum Gasteiger partial charge on any atom is 0.259 e. The van der Waals surface area contributed by atoms with Gasteiger partial charge in [-0.3, -0.25) is 9.48 Å². The number of hydrogen-bond donors (Lipinski definition) is 2. The zero-order valence-corrected chi connectivity index (χ0v) is 11.4. The SMILES string of the molecule is CCCNc1nccc(C(=O)Nc2ccnn2C)c1F. The van der Waals surface area contributed by atoms with Gasteiger partial charge < -0.3 is 10.6 Å². The van der Waals surface area contributed by atoms with Crippen LogP contribution in [0.15, 0.2) is 24.5 Å². The molecule has 0 unspecified atom stereocenters. The molecular formula is C13H16FN5O. The average Bonchev–Trinajstić information content (AvgIpc) is 2.83. The van der Waals surface area contributed by atoms with Crippen LogP contribution in [0, 0.1) is 5.82 Å². The molecule has 0 aliphatic rings. The summed E-state index contributed by atoms with van der Waals surface area (Å²) in [4.78, 5) is 16.0. The topological polar surface area (TPSA) is 71.8 Å². The lowest BCUT2D eigenvalue weighted by Crippen LogP contribution is -2.17. The normalized spacial score (nSPS) is 10.3. The first-order valence-electron chi connectivity index (χ1n) is 6.31. The van der Waals surface area contributed by atoms with Crippen LogP contribution in [-0.4, -0.2) is 27.2 Å². The summed E-state index contributed by atoms with van der Waals surface area (Å²) in [7, 11) is 1.69. The summed E-state index contributed by atoms with van der Waals surface area (Å²) in [5.41, 5.74) is -0.0557. The van der Waals surface area contributed by atoms with Crippen molar-refractivity contribution in [2.45, 2.75) is 13.3 Å². The molecule has 106 valence electrons. The van der Waals surface area contributed by atoms with Crippen molar-refractivity contribution in [1.29, 1.82) is 0 Å². The molecule has 0 bridgehead atoms. The highest BCUT2D eigenvalue weighted by Crippen LogP contribution is 2.16. The number of pyridine rings is 1. The number of aromatic nitrogens is 3. The van der Waals surface area contributed by atoms with Gasteiger partial charge in [-0.1, -0.05) is 6.92 Å². The van der Waals surface area contributed by atoms with E-state index < -0.39 is 11.7 Å². The summed E-state index contributed by atoms with van der Waals surface area (Å²) < 4.78 is 15.7. The van der Waals surface area contributed by atoms with Gasteiger partial charge in [0.1, 0.15) is 5.82 Å². The molecular weight excluding hydrogens is 261 g/mol. The van der Waals surface area contributed by atoms with Crippen molar-refractivity contribution in [3.63, 3.8) is 0 Å². The third-order valence-corrected chi connectivity index (χ3v) is 2.74. The zero-order chi connectivity index (χ0) is 14.5. The van der Waals surface area contributed by atoms with Crippen LogP contribution in [0.1, 0.15) is 23.7 Å². The summed E-state index contributed by atoms with van der Waals surface area (Å²) >= 11 is 0. The molecule has 2 rings (SSSR count). The molecule has 0 fully saturated rings. The summed E-state index contributed by atoms with van der Waals surface area (Å²) in [6, 6.07) is 2.98. The summed E-state index contributed by atoms with van der Waals surface area (Å²) in [5.74, 6) is -0.604. The maximum atomic E-state index is 14.2. The van der Waals surface area contributed by atoms with Crippen molar-refractivity contribution < 1.29 is 9.18 Å². The van der Waals surface area contributed by atoms with Gasteiger partial charge in [-0.2, -0.15) is 5.10 Å². The van der Waals surface area contributed by atoms with Crippen LogP contribution in [0.4, 0.5) is 16.0 Å². The fourth-order valence-electron chi connectivity index (χ4n) is 1.67. The van der Waals surface area contributed by atoms with E-state index in [-0.39, 0.29) is 11.4 Å². The number of nitrogens with one attached hydrogen (secondary N) is 2. The lowest BCUT2D eigenvalue weighted by molar-refractivity contribution is 0.102. The van der Waals surface area contributed by atoms with E-state index in [9.17, 15) is 9.18 Å². The van der Waals surface area contributed by atoms with E-state index in [0.717, 1.165) is 6.42 Å². The van der Waals surface area contributed by atoms with E-state index in [2.05, 4.69) is 20.7 Å². The predicted molar refractivity (Wildman–Crippen MR) is 74.1 cm³/mol.